The Morgan fingerprint density at radius 3 is 2.61 bits per heavy atom. The van der Waals surface area contributed by atoms with E-state index in [-0.39, 0.29) is 11.6 Å². The Bertz CT molecular complexity index is 1270. The lowest BCUT2D eigenvalue weighted by Crippen LogP contribution is -2.35. The molecular weight excluding hydrogens is 439 g/mol. The lowest BCUT2D eigenvalue weighted by molar-refractivity contribution is -0.754. The molecule has 33 heavy (non-hydrogen) atoms. The lowest BCUT2D eigenvalue weighted by atomic mass is 10.0. The second kappa shape index (κ2) is 9.02. The summed E-state index contributed by atoms with van der Waals surface area (Å²) in [5, 5.41) is 16.4. The van der Waals surface area contributed by atoms with Gasteiger partial charge in [-0.3, -0.25) is 14.8 Å². The van der Waals surface area contributed by atoms with Gasteiger partial charge in [0.15, 0.2) is 0 Å². The zero-order valence-electron chi connectivity index (χ0n) is 17.2. The van der Waals surface area contributed by atoms with E-state index in [9.17, 15) is 18.0 Å². The summed E-state index contributed by atoms with van der Waals surface area (Å²) in [6.07, 6.45) is -0.566. The van der Waals surface area contributed by atoms with Crippen LogP contribution in [0.2, 0.25) is 0 Å². The van der Waals surface area contributed by atoms with Crippen molar-refractivity contribution in [3.63, 3.8) is 0 Å². The quantitative estimate of drug-likeness (QED) is 0.442. The number of nitrogens with one attached hydrogen (secondary N) is 2. The van der Waals surface area contributed by atoms with Crippen LogP contribution in [-0.4, -0.2) is 26.5 Å². The van der Waals surface area contributed by atoms with Gasteiger partial charge in [0.25, 0.3) is 6.20 Å². The molecule has 12 heteroatoms. The predicted octanol–water partition coefficient (Wildman–Crippen LogP) is 3.83. The van der Waals surface area contributed by atoms with E-state index >= 15 is 0 Å². The third-order valence-corrected chi connectivity index (χ3v) is 4.57. The van der Waals surface area contributed by atoms with Crippen molar-refractivity contribution in [2.75, 3.05) is 10.6 Å². The summed E-state index contributed by atoms with van der Waals surface area (Å²) in [5.41, 5.74) is 2.57. The van der Waals surface area contributed by atoms with Gasteiger partial charge in [0, 0.05) is 23.0 Å². The number of halogens is 3. The number of rotatable bonds is 5. The van der Waals surface area contributed by atoms with Crippen LogP contribution >= 0.6 is 0 Å². The summed E-state index contributed by atoms with van der Waals surface area (Å²) < 4.78 is 44.7. The third kappa shape index (κ3) is 5.47. The molecule has 3 aromatic heterocycles. The monoisotopic (exact) mass is 456 g/mol. The van der Waals surface area contributed by atoms with E-state index in [4.69, 9.17) is 4.52 Å². The van der Waals surface area contributed by atoms with Crippen LogP contribution in [0.4, 0.5) is 29.5 Å². The SMILES string of the molecule is Cc1nnccc1-c1ccc(C[n+]2cc(NC(=O)Nc3ccnc(C(F)(F)F)c3)on2)cc1. The van der Waals surface area contributed by atoms with E-state index in [0.29, 0.717) is 6.54 Å². The Kier molecular flexibility index (Phi) is 5.98. The second-order valence-electron chi connectivity index (χ2n) is 7.00. The van der Waals surface area contributed by atoms with Gasteiger partial charge in [-0.05, 0) is 35.4 Å². The number of hydrogen-bond donors (Lipinski definition) is 2. The minimum absolute atomic E-state index is 0.0210. The first-order valence-electron chi connectivity index (χ1n) is 9.63. The van der Waals surface area contributed by atoms with E-state index in [2.05, 4.69) is 31.1 Å². The van der Waals surface area contributed by atoms with Gasteiger partial charge in [-0.25, -0.2) is 4.79 Å². The molecule has 0 aliphatic carbocycles. The average molecular weight is 456 g/mol. The number of urea groups is 1. The molecular formula is C21H17F3N7O2+. The minimum Gasteiger partial charge on any atom is -0.308 e. The molecule has 0 aliphatic rings. The van der Waals surface area contributed by atoms with Crippen molar-refractivity contribution in [1.29, 1.82) is 0 Å². The van der Waals surface area contributed by atoms with Gasteiger partial charge < -0.3 is 5.32 Å². The summed E-state index contributed by atoms with van der Waals surface area (Å²) in [7, 11) is 0. The molecule has 0 saturated carbocycles. The van der Waals surface area contributed by atoms with Crippen molar-refractivity contribution in [3.05, 3.63) is 78.0 Å². The van der Waals surface area contributed by atoms with Crippen LogP contribution in [-0.2, 0) is 12.7 Å². The molecule has 2 N–H and O–H groups in total. The smallest absolute Gasteiger partial charge is 0.308 e. The second-order valence-corrected chi connectivity index (χ2v) is 7.00. The highest BCUT2D eigenvalue weighted by atomic mass is 19.4. The maximum absolute atomic E-state index is 12.7. The summed E-state index contributed by atoms with van der Waals surface area (Å²) in [6.45, 7) is 2.26. The first kappa shape index (κ1) is 21.9. The number of nitrogens with zero attached hydrogens (tertiary/aromatic N) is 5. The Balaban J connectivity index is 1.36. The van der Waals surface area contributed by atoms with Crippen molar-refractivity contribution in [2.45, 2.75) is 19.6 Å². The molecule has 0 aliphatic heterocycles. The standard InChI is InChI=1S/C21H16F3N7O2/c1-13-17(7-9-26-29-13)15-4-2-14(3-5-15)11-31-12-19(33-30-31)28-20(32)27-16-6-8-25-18(10-16)21(22,23)24/h2-10,12H,11H2,1H3,(H-,25,27,28,30,32)/p+1. The van der Waals surface area contributed by atoms with Crippen LogP contribution in [0.5, 0.6) is 0 Å². The van der Waals surface area contributed by atoms with Crippen LogP contribution in [0.15, 0.2) is 65.6 Å². The van der Waals surface area contributed by atoms with Gasteiger partial charge in [-0.15, -0.1) is 0 Å². The molecule has 0 spiro atoms. The predicted molar refractivity (Wildman–Crippen MR) is 110 cm³/mol. The molecule has 3 heterocycles. The van der Waals surface area contributed by atoms with E-state index in [1.165, 1.54) is 16.9 Å². The zero-order valence-corrected chi connectivity index (χ0v) is 17.2. The molecule has 0 radical (unpaired) electrons. The third-order valence-electron chi connectivity index (χ3n) is 4.57. The van der Waals surface area contributed by atoms with E-state index in [1.807, 2.05) is 37.3 Å². The topological polar surface area (TPSA) is 110 Å². The van der Waals surface area contributed by atoms with Gasteiger partial charge in [-0.1, -0.05) is 24.3 Å². The molecule has 0 unspecified atom stereocenters. The fourth-order valence-electron chi connectivity index (χ4n) is 3.03. The first-order chi connectivity index (χ1) is 15.8. The number of amides is 2. The van der Waals surface area contributed by atoms with Gasteiger partial charge in [0.05, 0.1) is 11.9 Å². The fourth-order valence-corrected chi connectivity index (χ4v) is 3.03. The molecule has 4 rings (SSSR count). The van der Waals surface area contributed by atoms with Crippen molar-refractivity contribution < 1.29 is 27.2 Å². The molecule has 9 nitrogen and oxygen atoms in total. The number of aromatic nitrogens is 5. The molecule has 0 bridgehead atoms. The highest BCUT2D eigenvalue weighted by Crippen LogP contribution is 2.28. The van der Waals surface area contributed by atoms with Crippen LogP contribution in [0, 0.1) is 6.92 Å². The Morgan fingerprint density at radius 2 is 1.88 bits per heavy atom. The number of carbonyl (C=O) groups excluding carboxylic acids is 1. The number of carbonyl (C=O) groups is 1. The summed E-state index contributed by atoms with van der Waals surface area (Å²) in [6, 6.07) is 10.8. The van der Waals surface area contributed by atoms with Crippen LogP contribution < -0.4 is 15.3 Å². The van der Waals surface area contributed by atoms with Crippen molar-refractivity contribution in [1.82, 2.24) is 20.5 Å². The molecule has 0 saturated heterocycles. The van der Waals surface area contributed by atoms with Crippen molar-refractivity contribution >= 4 is 17.6 Å². The van der Waals surface area contributed by atoms with Crippen molar-refractivity contribution in [3.8, 4) is 11.1 Å². The average Bonchev–Trinajstić information content (AvgIpc) is 3.21. The molecule has 2 amide bonds. The Morgan fingerprint density at radius 1 is 1.09 bits per heavy atom. The number of alkyl halides is 3. The minimum atomic E-state index is -4.61. The first-order valence-corrected chi connectivity index (χ1v) is 9.63. The normalized spacial score (nSPS) is 11.3. The number of pyridine rings is 1. The van der Waals surface area contributed by atoms with Crippen LogP contribution in [0.1, 0.15) is 17.0 Å². The zero-order chi connectivity index (χ0) is 23.4. The van der Waals surface area contributed by atoms with Gasteiger partial charge >= 0.3 is 18.1 Å². The van der Waals surface area contributed by atoms with Gasteiger partial charge in [-0.2, -0.15) is 23.4 Å². The maximum Gasteiger partial charge on any atom is 0.433 e. The summed E-state index contributed by atoms with van der Waals surface area (Å²) >= 11 is 0. The van der Waals surface area contributed by atoms with E-state index in [1.54, 1.807) is 6.20 Å². The fraction of sp³-hybridized carbons (Fsp3) is 0.143. The number of benzene rings is 1. The lowest BCUT2D eigenvalue weighted by Gasteiger charge is -2.08. The van der Waals surface area contributed by atoms with Crippen molar-refractivity contribution in [2.24, 2.45) is 0 Å². The van der Waals surface area contributed by atoms with Crippen LogP contribution in [0.25, 0.3) is 11.1 Å². The Labute approximate surface area is 185 Å². The Hall–Kier alpha value is -4.35. The molecule has 168 valence electrons. The summed E-state index contributed by atoms with van der Waals surface area (Å²) in [4.78, 5) is 15.3. The van der Waals surface area contributed by atoms with E-state index in [0.717, 1.165) is 34.6 Å². The number of anilines is 2. The molecule has 0 atom stereocenters. The van der Waals surface area contributed by atoms with Gasteiger partial charge in [0.1, 0.15) is 5.69 Å². The highest BCUT2D eigenvalue weighted by Gasteiger charge is 2.32. The molecule has 1 aromatic carbocycles. The largest absolute Gasteiger partial charge is 0.433 e. The maximum atomic E-state index is 12.7. The summed E-state index contributed by atoms with van der Waals surface area (Å²) in [5.74, 6) is 0.0210. The molecule has 0 fully saturated rings. The molecule has 4 aromatic rings. The number of hydrogen-bond acceptors (Lipinski definition) is 6. The highest BCUT2D eigenvalue weighted by molar-refractivity contribution is 5.98. The van der Waals surface area contributed by atoms with E-state index < -0.39 is 17.9 Å². The van der Waals surface area contributed by atoms with Gasteiger partial charge in [0.2, 0.25) is 11.8 Å². The van der Waals surface area contributed by atoms with Crippen LogP contribution in [0.3, 0.4) is 0 Å². The number of aryl methyl sites for hydroxylation is 1.